The molecule has 0 aliphatic carbocycles. The molecular weight excluding hydrogens is 312 g/mol. The number of rotatable bonds is 4. The number of ether oxygens (including phenoxy) is 1. The van der Waals surface area contributed by atoms with E-state index in [4.69, 9.17) is 22.7 Å². The van der Waals surface area contributed by atoms with Crippen molar-refractivity contribution in [2.24, 2.45) is 5.73 Å². The van der Waals surface area contributed by atoms with E-state index >= 15 is 0 Å². The quantitative estimate of drug-likeness (QED) is 0.760. The van der Waals surface area contributed by atoms with Crippen molar-refractivity contribution in [3.63, 3.8) is 0 Å². The molecule has 1 aromatic carbocycles. The molecule has 3 N–H and O–H groups in total. The molecule has 2 atom stereocenters. The van der Waals surface area contributed by atoms with Gasteiger partial charge in [0.25, 0.3) is 0 Å². The Balaban J connectivity index is 2.33. The van der Waals surface area contributed by atoms with Crippen LogP contribution in [-0.4, -0.2) is 54.7 Å². The molecule has 1 fully saturated rings. The summed E-state index contributed by atoms with van der Waals surface area (Å²) >= 11 is 4.87. The van der Waals surface area contributed by atoms with Crippen LogP contribution in [0.2, 0.25) is 0 Å². The molecule has 1 aromatic rings. The number of aliphatic hydroxyl groups is 1. The number of benzene rings is 1. The van der Waals surface area contributed by atoms with E-state index in [1.165, 1.54) is 16.4 Å². The van der Waals surface area contributed by atoms with Crippen molar-refractivity contribution in [1.29, 1.82) is 0 Å². The van der Waals surface area contributed by atoms with Crippen molar-refractivity contribution in [2.45, 2.75) is 24.0 Å². The van der Waals surface area contributed by atoms with Crippen LogP contribution in [0, 0.1) is 0 Å². The number of hydrogen-bond donors (Lipinski definition) is 2. The van der Waals surface area contributed by atoms with Crippen molar-refractivity contribution in [3.8, 4) is 0 Å². The van der Waals surface area contributed by atoms with Gasteiger partial charge in [-0.2, -0.15) is 4.31 Å². The molecule has 0 radical (unpaired) electrons. The number of thiocarbonyl (C=S) groups is 1. The Kier molecular flexibility index (Phi) is 4.95. The first-order valence-electron chi connectivity index (χ1n) is 6.51. The fourth-order valence-electron chi connectivity index (χ4n) is 2.26. The normalized spacial score (nSPS) is 23.9. The van der Waals surface area contributed by atoms with Crippen LogP contribution in [0.15, 0.2) is 29.2 Å². The lowest BCUT2D eigenvalue weighted by Gasteiger charge is -2.35. The van der Waals surface area contributed by atoms with Gasteiger partial charge in [0.15, 0.2) is 0 Å². The number of sulfonamides is 1. The lowest BCUT2D eigenvalue weighted by atomic mass is 10.2. The molecule has 8 heteroatoms. The van der Waals surface area contributed by atoms with Crippen molar-refractivity contribution >= 4 is 27.2 Å². The maximum absolute atomic E-state index is 12.7. The highest BCUT2D eigenvalue weighted by atomic mass is 32.2. The highest BCUT2D eigenvalue weighted by Crippen LogP contribution is 2.21. The van der Waals surface area contributed by atoms with Crippen molar-refractivity contribution < 1.29 is 18.3 Å². The van der Waals surface area contributed by atoms with Crippen molar-refractivity contribution in [3.05, 3.63) is 29.8 Å². The van der Waals surface area contributed by atoms with Gasteiger partial charge < -0.3 is 15.6 Å². The summed E-state index contributed by atoms with van der Waals surface area (Å²) in [5.41, 5.74) is 6.05. The predicted octanol–water partition coefficient (Wildman–Crippen LogP) is 0.0911. The number of hydrogen-bond acceptors (Lipinski definition) is 5. The minimum absolute atomic E-state index is 0.125. The molecule has 6 nitrogen and oxygen atoms in total. The van der Waals surface area contributed by atoms with Crippen LogP contribution < -0.4 is 5.73 Å². The summed E-state index contributed by atoms with van der Waals surface area (Å²) in [5.74, 6) is 0. The van der Waals surface area contributed by atoms with Gasteiger partial charge in [0.2, 0.25) is 10.0 Å². The molecule has 0 spiro atoms. The summed E-state index contributed by atoms with van der Waals surface area (Å²) in [6.07, 6.45) is -0.785. The first kappa shape index (κ1) is 16.3. The maximum Gasteiger partial charge on any atom is 0.243 e. The second kappa shape index (κ2) is 6.37. The standard InChI is InChI=1S/C13H18N2O4S2/c1-9-6-15(7-11(8-16)19-9)21(17,18)12-4-2-3-10(5-12)13(14)20/h2-5,9,11,16H,6-8H2,1H3,(H2,14,20). The minimum atomic E-state index is -3.67. The Hall–Kier alpha value is -1.06. The van der Waals surface area contributed by atoms with E-state index in [1.807, 2.05) is 0 Å². The first-order chi connectivity index (χ1) is 9.84. The Bertz CT molecular complexity index is 633. The zero-order chi connectivity index (χ0) is 15.6. The molecule has 1 heterocycles. The molecule has 2 rings (SSSR count). The van der Waals surface area contributed by atoms with E-state index < -0.39 is 16.1 Å². The third kappa shape index (κ3) is 3.58. The second-order valence-corrected chi connectivity index (χ2v) is 7.34. The van der Waals surface area contributed by atoms with Gasteiger partial charge in [0, 0.05) is 18.7 Å². The van der Waals surface area contributed by atoms with E-state index in [1.54, 1.807) is 19.1 Å². The molecule has 0 amide bonds. The summed E-state index contributed by atoms with van der Waals surface area (Å²) in [6, 6.07) is 6.24. The van der Waals surface area contributed by atoms with Crippen LogP contribution in [0.4, 0.5) is 0 Å². The molecule has 1 saturated heterocycles. The average molecular weight is 330 g/mol. The lowest BCUT2D eigenvalue weighted by molar-refractivity contribution is -0.0750. The summed E-state index contributed by atoms with van der Waals surface area (Å²) in [5, 5.41) is 9.20. The first-order valence-corrected chi connectivity index (χ1v) is 8.35. The third-order valence-electron chi connectivity index (χ3n) is 3.25. The number of nitrogens with zero attached hydrogens (tertiary/aromatic N) is 1. The van der Waals surface area contributed by atoms with Gasteiger partial charge in [-0.15, -0.1) is 0 Å². The summed E-state index contributed by atoms with van der Waals surface area (Å²) < 4.78 is 32.1. The van der Waals surface area contributed by atoms with Crippen molar-refractivity contribution in [1.82, 2.24) is 4.31 Å². The van der Waals surface area contributed by atoms with E-state index in [2.05, 4.69) is 0 Å². The molecule has 0 saturated carbocycles. The predicted molar refractivity (Wildman–Crippen MR) is 82.5 cm³/mol. The highest BCUT2D eigenvalue weighted by molar-refractivity contribution is 7.89. The van der Waals surface area contributed by atoms with Crippen LogP contribution in [0.1, 0.15) is 12.5 Å². The summed E-state index contributed by atoms with van der Waals surface area (Å²) in [6.45, 7) is 1.93. The van der Waals surface area contributed by atoms with Gasteiger partial charge in [0.1, 0.15) is 4.99 Å². The van der Waals surface area contributed by atoms with Gasteiger partial charge in [-0.3, -0.25) is 0 Å². The zero-order valence-corrected chi connectivity index (χ0v) is 13.2. The topological polar surface area (TPSA) is 92.9 Å². The SMILES string of the molecule is CC1CN(S(=O)(=O)c2cccc(C(N)=S)c2)CC(CO)O1. The Labute approximate surface area is 129 Å². The molecule has 0 bridgehead atoms. The van der Waals surface area contributed by atoms with Crippen LogP contribution in [0.3, 0.4) is 0 Å². The third-order valence-corrected chi connectivity index (χ3v) is 5.32. The molecule has 1 aliphatic rings. The fraction of sp³-hybridized carbons (Fsp3) is 0.462. The van der Waals surface area contributed by atoms with E-state index in [-0.39, 0.29) is 35.7 Å². The molecule has 1 aliphatic heterocycles. The number of nitrogens with two attached hydrogens (primary N) is 1. The number of aliphatic hydroxyl groups excluding tert-OH is 1. The minimum Gasteiger partial charge on any atom is -0.394 e. The molecular formula is C13H18N2O4S2. The van der Waals surface area contributed by atoms with Crippen LogP contribution in [0.25, 0.3) is 0 Å². The van der Waals surface area contributed by atoms with Crippen molar-refractivity contribution in [2.75, 3.05) is 19.7 Å². The molecule has 116 valence electrons. The van der Waals surface area contributed by atoms with Crippen LogP contribution in [-0.2, 0) is 14.8 Å². The summed E-state index contributed by atoms with van der Waals surface area (Å²) in [7, 11) is -3.67. The maximum atomic E-state index is 12.7. The largest absolute Gasteiger partial charge is 0.394 e. The van der Waals surface area contributed by atoms with Crippen LogP contribution in [0.5, 0.6) is 0 Å². The van der Waals surface area contributed by atoms with E-state index in [9.17, 15) is 13.5 Å². The van der Waals surface area contributed by atoms with Gasteiger partial charge >= 0.3 is 0 Å². The average Bonchev–Trinajstić information content (AvgIpc) is 2.46. The monoisotopic (exact) mass is 330 g/mol. The number of morpholine rings is 1. The second-order valence-electron chi connectivity index (χ2n) is 4.97. The smallest absolute Gasteiger partial charge is 0.243 e. The Morgan fingerprint density at radius 1 is 1.52 bits per heavy atom. The lowest BCUT2D eigenvalue weighted by Crippen LogP contribution is -2.50. The Morgan fingerprint density at radius 3 is 2.86 bits per heavy atom. The highest BCUT2D eigenvalue weighted by Gasteiger charge is 2.33. The van der Waals surface area contributed by atoms with E-state index in [0.717, 1.165) is 0 Å². The molecule has 0 aromatic heterocycles. The van der Waals surface area contributed by atoms with E-state index in [0.29, 0.717) is 5.56 Å². The van der Waals surface area contributed by atoms with Crippen LogP contribution >= 0.6 is 12.2 Å². The van der Waals surface area contributed by atoms with Gasteiger partial charge in [-0.25, -0.2) is 8.42 Å². The Morgan fingerprint density at radius 2 is 2.24 bits per heavy atom. The van der Waals surface area contributed by atoms with Gasteiger partial charge in [-0.05, 0) is 19.1 Å². The molecule has 21 heavy (non-hydrogen) atoms. The molecule has 2 unspecified atom stereocenters. The summed E-state index contributed by atoms with van der Waals surface area (Å²) in [4.78, 5) is 0.286. The van der Waals surface area contributed by atoms with Gasteiger partial charge in [-0.1, -0.05) is 24.4 Å². The zero-order valence-electron chi connectivity index (χ0n) is 11.6. The van der Waals surface area contributed by atoms with Gasteiger partial charge in [0.05, 0.1) is 23.7 Å². The fourth-order valence-corrected chi connectivity index (χ4v) is 3.98.